The maximum absolute atomic E-state index is 10.7. The Labute approximate surface area is 155 Å². The number of nitrogens with zero attached hydrogens (tertiary/aromatic N) is 5. The molecule has 0 radical (unpaired) electrons. The summed E-state index contributed by atoms with van der Waals surface area (Å²) in [5.41, 5.74) is 1.21. The van der Waals surface area contributed by atoms with E-state index in [1.165, 1.54) is 5.56 Å². The summed E-state index contributed by atoms with van der Waals surface area (Å²) in [7, 11) is 0. The number of hydrogen-bond acceptors (Lipinski definition) is 6. The van der Waals surface area contributed by atoms with Gasteiger partial charge in [-0.25, -0.2) is 4.98 Å². The lowest BCUT2D eigenvalue weighted by Crippen LogP contribution is -2.58. The van der Waals surface area contributed by atoms with Crippen molar-refractivity contribution in [2.24, 2.45) is 0 Å². The Balaban J connectivity index is 1.29. The molecule has 0 unspecified atom stereocenters. The molecule has 2 aliphatic rings. The summed E-state index contributed by atoms with van der Waals surface area (Å²) in [6.07, 6.45) is 6.29. The molecule has 6 heteroatoms. The fourth-order valence-corrected chi connectivity index (χ4v) is 4.13. The van der Waals surface area contributed by atoms with Gasteiger partial charge in [-0.3, -0.25) is 14.8 Å². The minimum atomic E-state index is -0.290. The fourth-order valence-electron chi connectivity index (χ4n) is 4.13. The minimum Gasteiger partial charge on any atom is -0.390 e. The van der Waals surface area contributed by atoms with E-state index in [1.54, 1.807) is 6.20 Å². The number of anilines is 1. The summed E-state index contributed by atoms with van der Waals surface area (Å²) in [6.45, 7) is 6.54. The topological polar surface area (TPSA) is 55.7 Å². The van der Waals surface area contributed by atoms with Crippen molar-refractivity contribution < 1.29 is 5.11 Å². The van der Waals surface area contributed by atoms with E-state index in [9.17, 15) is 5.11 Å². The molecule has 2 aliphatic heterocycles. The molecule has 0 spiro atoms. The van der Waals surface area contributed by atoms with Gasteiger partial charge in [0.2, 0.25) is 0 Å². The van der Waals surface area contributed by atoms with Gasteiger partial charge in [0.15, 0.2) is 0 Å². The maximum atomic E-state index is 10.7. The fraction of sp³-hybridized carbons (Fsp3) is 0.500. The van der Waals surface area contributed by atoms with Gasteiger partial charge in [0.25, 0.3) is 0 Å². The van der Waals surface area contributed by atoms with Crippen molar-refractivity contribution in [3.63, 3.8) is 0 Å². The first-order valence-corrected chi connectivity index (χ1v) is 9.49. The van der Waals surface area contributed by atoms with Gasteiger partial charge in [0, 0.05) is 70.4 Å². The number of β-amino-alcohol motifs (C(OH)–C–C–N with tert-alkyl or cyclic N) is 1. The van der Waals surface area contributed by atoms with E-state index in [4.69, 9.17) is 0 Å². The van der Waals surface area contributed by atoms with Gasteiger partial charge in [0.05, 0.1) is 6.10 Å². The third kappa shape index (κ3) is 4.03. The van der Waals surface area contributed by atoms with E-state index in [1.807, 2.05) is 30.6 Å². The van der Waals surface area contributed by atoms with Gasteiger partial charge in [0.1, 0.15) is 5.82 Å². The number of pyridine rings is 2. The summed E-state index contributed by atoms with van der Waals surface area (Å²) < 4.78 is 0. The van der Waals surface area contributed by atoms with Gasteiger partial charge in [-0.2, -0.15) is 0 Å². The summed E-state index contributed by atoms with van der Waals surface area (Å²) in [6, 6.07) is 10.4. The largest absolute Gasteiger partial charge is 0.390 e. The Bertz CT molecular complexity index is 675. The highest BCUT2D eigenvalue weighted by atomic mass is 16.3. The Morgan fingerprint density at radius 2 is 1.88 bits per heavy atom. The van der Waals surface area contributed by atoms with E-state index in [0.29, 0.717) is 0 Å². The van der Waals surface area contributed by atoms with E-state index in [-0.39, 0.29) is 12.1 Å². The molecule has 2 aromatic heterocycles. The van der Waals surface area contributed by atoms with Gasteiger partial charge < -0.3 is 10.0 Å². The van der Waals surface area contributed by atoms with Crippen molar-refractivity contribution in [2.75, 3.05) is 44.2 Å². The van der Waals surface area contributed by atoms with Crippen molar-refractivity contribution in [3.8, 4) is 0 Å². The molecule has 26 heavy (non-hydrogen) atoms. The monoisotopic (exact) mass is 353 g/mol. The predicted molar refractivity (Wildman–Crippen MR) is 102 cm³/mol. The van der Waals surface area contributed by atoms with Gasteiger partial charge in [-0.1, -0.05) is 12.1 Å². The lowest BCUT2D eigenvalue weighted by Gasteiger charge is -2.45. The van der Waals surface area contributed by atoms with Gasteiger partial charge in [-0.15, -0.1) is 0 Å². The van der Waals surface area contributed by atoms with Crippen LogP contribution in [0.5, 0.6) is 0 Å². The Morgan fingerprint density at radius 3 is 2.58 bits per heavy atom. The van der Waals surface area contributed by atoms with Crippen LogP contribution < -0.4 is 4.90 Å². The van der Waals surface area contributed by atoms with Gasteiger partial charge in [-0.05, 0) is 30.2 Å². The van der Waals surface area contributed by atoms with Crippen LogP contribution >= 0.6 is 0 Å². The second-order valence-corrected chi connectivity index (χ2v) is 7.23. The molecular formula is C20H27N5O. The summed E-state index contributed by atoms with van der Waals surface area (Å²) in [4.78, 5) is 15.8. The molecule has 4 rings (SSSR count). The Hall–Kier alpha value is -2.02. The number of aliphatic hydroxyl groups is 1. The highest BCUT2D eigenvalue weighted by molar-refractivity contribution is 5.38. The summed E-state index contributed by atoms with van der Waals surface area (Å²) in [5.74, 6) is 1.05. The van der Waals surface area contributed by atoms with Crippen LogP contribution in [0.15, 0.2) is 48.9 Å². The number of aromatic nitrogens is 2. The third-order valence-corrected chi connectivity index (χ3v) is 5.52. The van der Waals surface area contributed by atoms with Crippen molar-refractivity contribution in [1.29, 1.82) is 0 Å². The SMILES string of the molecule is O[C@@H]1CN(Cc2cccnc2)CC[C@H]1N1CCN(c2ccccn2)CC1. The van der Waals surface area contributed by atoms with Crippen LogP contribution in [-0.2, 0) is 6.54 Å². The van der Waals surface area contributed by atoms with Crippen LogP contribution in [0.2, 0.25) is 0 Å². The zero-order valence-corrected chi connectivity index (χ0v) is 15.1. The normalized spacial score (nSPS) is 25.3. The molecule has 2 aromatic rings. The predicted octanol–water partition coefficient (Wildman–Crippen LogP) is 1.23. The zero-order chi connectivity index (χ0) is 17.8. The van der Waals surface area contributed by atoms with E-state index in [0.717, 1.165) is 58.1 Å². The number of hydrogen-bond donors (Lipinski definition) is 1. The molecule has 0 bridgehead atoms. The first kappa shape index (κ1) is 17.4. The molecular weight excluding hydrogens is 326 g/mol. The summed E-state index contributed by atoms with van der Waals surface area (Å²) in [5, 5.41) is 10.7. The summed E-state index contributed by atoms with van der Waals surface area (Å²) >= 11 is 0. The molecule has 0 aliphatic carbocycles. The number of rotatable bonds is 4. The van der Waals surface area contributed by atoms with E-state index < -0.39 is 0 Å². The molecule has 4 heterocycles. The molecule has 1 N–H and O–H groups in total. The second kappa shape index (κ2) is 8.12. The van der Waals surface area contributed by atoms with E-state index >= 15 is 0 Å². The Kier molecular flexibility index (Phi) is 5.43. The van der Waals surface area contributed by atoms with Crippen molar-refractivity contribution in [2.45, 2.75) is 25.1 Å². The third-order valence-electron chi connectivity index (χ3n) is 5.52. The highest BCUT2D eigenvalue weighted by Crippen LogP contribution is 2.21. The molecule has 2 fully saturated rings. The van der Waals surface area contributed by atoms with Crippen molar-refractivity contribution in [1.82, 2.24) is 19.8 Å². The van der Waals surface area contributed by atoms with Crippen LogP contribution in [0.3, 0.4) is 0 Å². The zero-order valence-electron chi connectivity index (χ0n) is 15.1. The average molecular weight is 353 g/mol. The molecule has 0 saturated carbocycles. The van der Waals surface area contributed by atoms with Crippen LogP contribution in [0.4, 0.5) is 5.82 Å². The molecule has 2 atom stereocenters. The first-order valence-electron chi connectivity index (χ1n) is 9.49. The smallest absolute Gasteiger partial charge is 0.128 e. The minimum absolute atomic E-state index is 0.269. The van der Waals surface area contributed by atoms with Crippen LogP contribution in [0.1, 0.15) is 12.0 Å². The molecule has 138 valence electrons. The molecule has 6 nitrogen and oxygen atoms in total. The molecule has 0 aromatic carbocycles. The second-order valence-electron chi connectivity index (χ2n) is 7.23. The number of aliphatic hydroxyl groups excluding tert-OH is 1. The Morgan fingerprint density at radius 1 is 1.00 bits per heavy atom. The molecule has 0 amide bonds. The van der Waals surface area contributed by atoms with Crippen LogP contribution in [0.25, 0.3) is 0 Å². The highest BCUT2D eigenvalue weighted by Gasteiger charge is 2.33. The quantitative estimate of drug-likeness (QED) is 0.892. The van der Waals surface area contributed by atoms with Gasteiger partial charge >= 0.3 is 0 Å². The lowest BCUT2D eigenvalue weighted by atomic mass is 9.98. The lowest BCUT2D eigenvalue weighted by molar-refractivity contribution is -0.0172. The average Bonchev–Trinajstić information content (AvgIpc) is 2.70. The number of likely N-dealkylation sites (tertiary alicyclic amines) is 1. The first-order chi connectivity index (χ1) is 12.8. The number of piperidine rings is 1. The maximum Gasteiger partial charge on any atom is 0.128 e. The standard InChI is InChI=1S/C20H27N5O/c26-19-16-23(15-17-4-3-7-21-14-17)9-6-18(19)24-10-12-25(13-11-24)20-5-1-2-8-22-20/h1-5,7-8,14,18-19,26H,6,9-13,15-16H2/t18-,19-/m1/s1. The van der Waals surface area contributed by atoms with Crippen LogP contribution in [0, 0.1) is 0 Å². The van der Waals surface area contributed by atoms with Crippen LogP contribution in [-0.4, -0.2) is 76.3 Å². The molecule has 2 saturated heterocycles. The number of piperazine rings is 1. The van der Waals surface area contributed by atoms with Crippen molar-refractivity contribution in [3.05, 3.63) is 54.5 Å². The van der Waals surface area contributed by atoms with E-state index in [2.05, 4.69) is 36.8 Å². The van der Waals surface area contributed by atoms with Crippen molar-refractivity contribution >= 4 is 5.82 Å².